The van der Waals surface area contributed by atoms with Gasteiger partial charge in [0.1, 0.15) is 0 Å². The zero-order chi connectivity index (χ0) is 8.10. The number of halogens is 2. The van der Waals surface area contributed by atoms with Gasteiger partial charge < -0.3 is 10.6 Å². The van der Waals surface area contributed by atoms with Crippen molar-refractivity contribution >= 4 is 30.6 Å². The molecule has 0 aromatic rings. The van der Waals surface area contributed by atoms with E-state index in [9.17, 15) is 0 Å². The van der Waals surface area contributed by atoms with Gasteiger partial charge in [-0.15, -0.1) is 24.8 Å². The minimum Gasteiger partial charge on any atom is -0.388 e. The summed E-state index contributed by atoms with van der Waals surface area (Å²) in [6.07, 6.45) is 4.51. The number of likely N-dealkylation sites (tertiary alicyclic amines) is 1. The number of nitrogens with one attached hydrogen (secondary N) is 1. The molecule has 0 saturated carbocycles. The maximum Gasteiger partial charge on any atom is 0.0905 e. The summed E-state index contributed by atoms with van der Waals surface area (Å²) in [6.45, 7) is 3.62. The highest BCUT2D eigenvalue weighted by molar-refractivity contribution is 5.85. The van der Waals surface area contributed by atoms with Gasteiger partial charge in [-0.25, -0.2) is 0 Å². The van der Waals surface area contributed by atoms with Crippen LogP contribution in [0.25, 0.3) is 0 Å². The zero-order valence-electron chi connectivity index (χ0n) is 7.79. The molecule has 0 spiro atoms. The van der Waals surface area contributed by atoms with Crippen LogP contribution in [0.5, 0.6) is 0 Å². The molecular formula is C8H19Cl2N3. The van der Waals surface area contributed by atoms with Gasteiger partial charge >= 0.3 is 0 Å². The highest BCUT2D eigenvalue weighted by atomic mass is 35.5. The average Bonchev–Trinajstić information content (AvgIpc) is 2.39. The van der Waals surface area contributed by atoms with Crippen LogP contribution in [0, 0.1) is 5.41 Å². The smallest absolute Gasteiger partial charge is 0.0905 e. The van der Waals surface area contributed by atoms with Crippen LogP contribution in [0.3, 0.4) is 0 Å². The second-order valence-electron chi connectivity index (χ2n) is 3.18. The van der Waals surface area contributed by atoms with E-state index in [1.807, 2.05) is 0 Å². The van der Waals surface area contributed by atoms with Crippen LogP contribution < -0.4 is 5.73 Å². The number of nitrogens with zero attached hydrogens (tertiary/aromatic N) is 1. The van der Waals surface area contributed by atoms with Crippen LogP contribution in [0.2, 0.25) is 0 Å². The first-order valence-corrected chi connectivity index (χ1v) is 4.34. The van der Waals surface area contributed by atoms with Gasteiger partial charge in [0.2, 0.25) is 0 Å². The van der Waals surface area contributed by atoms with Crippen LogP contribution in [0.1, 0.15) is 25.7 Å². The van der Waals surface area contributed by atoms with Crippen molar-refractivity contribution in [3.8, 4) is 0 Å². The van der Waals surface area contributed by atoms with Gasteiger partial charge in [0.25, 0.3) is 0 Å². The van der Waals surface area contributed by atoms with Crippen molar-refractivity contribution in [3.63, 3.8) is 0 Å². The molecule has 13 heavy (non-hydrogen) atoms. The molecule has 1 aliphatic rings. The second-order valence-corrected chi connectivity index (χ2v) is 3.18. The van der Waals surface area contributed by atoms with Gasteiger partial charge in [-0.05, 0) is 38.9 Å². The number of hydrogen-bond acceptors (Lipinski definition) is 2. The minimum atomic E-state index is 0. The molecule has 0 aromatic carbocycles. The molecule has 3 nitrogen and oxygen atoms in total. The molecule has 0 aliphatic carbocycles. The van der Waals surface area contributed by atoms with E-state index in [0.717, 1.165) is 19.4 Å². The standard InChI is InChI=1S/C8H17N3.2ClH/c9-8(10)4-3-7-11-5-1-2-6-11;;/h1-7H2,(H3,9,10);2*1H. The van der Waals surface area contributed by atoms with Gasteiger partial charge in [-0.3, -0.25) is 5.41 Å². The van der Waals surface area contributed by atoms with Gasteiger partial charge in [-0.2, -0.15) is 0 Å². The number of nitrogens with two attached hydrogens (primary N) is 1. The molecule has 1 heterocycles. The van der Waals surface area contributed by atoms with Crippen LogP contribution in [0.15, 0.2) is 0 Å². The van der Waals surface area contributed by atoms with E-state index in [2.05, 4.69) is 4.90 Å². The highest BCUT2D eigenvalue weighted by Crippen LogP contribution is 2.07. The van der Waals surface area contributed by atoms with E-state index < -0.39 is 0 Å². The molecule has 0 aromatic heterocycles. The largest absolute Gasteiger partial charge is 0.388 e. The van der Waals surface area contributed by atoms with Crippen molar-refractivity contribution in [3.05, 3.63) is 0 Å². The van der Waals surface area contributed by atoms with Crippen molar-refractivity contribution in [2.45, 2.75) is 25.7 Å². The monoisotopic (exact) mass is 227 g/mol. The van der Waals surface area contributed by atoms with Crippen molar-refractivity contribution in [1.29, 1.82) is 5.41 Å². The van der Waals surface area contributed by atoms with Crippen LogP contribution >= 0.6 is 24.8 Å². The summed E-state index contributed by atoms with van der Waals surface area (Å²) in [7, 11) is 0. The minimum absolute atomic E-state index is 0. The van der Waals surface area contributed by atoms with E-state index in [1.54, 1.807) is 0 Å². The molecular weight excluding hydrogens is 209 g/mol. The zero-order valence-corrected chi connectivity index (χ0v) is 9.42. The normalized spacial score (nSPS) is 16.0. The SMILES string of the molecule is Cl.Cl.N=C(N)CCCN1CCCC1. The summed E-state index contributed by atoms with van der Waals surface area (Å²) in [5.74, 6) is 0.323. The second kappa shape index (κ2) is 8.60. The summed E-state index contributed by atoms with van der Waals surface area (Å²) in [5, 5.41) is 7.03. The van der Waals surface area contributed by atoms with E-state index in [4.69, 9.17) is 11.1 Å². The van der Waals surface area contributed by atoms with Crippen LogP contribution in [0.4, 0.5) is 0 Å². The third kappa shape index (κ3) is 7.11. The molecule has 1 fully saturated rings. The summed E-state index contributed by atoms with van der Waals surface area (Å²) < 4.78 is 0. The van der Waals surface area contributed by atoms with Crippen molar-refractivity contribution in [1.82, 2.24) is 4.90 Å². The summed E-state index contributed by atoms with van der Waals surface area (Å²) >= 11 is 0. The fraction of sp³-hybridized carbons (Fsp3) is 0.875. The quantitative estimate of drug-likeness (QED) is 0.567. The third-order valence-electron chi connectivity index (χ3n) is 2.12. The van der Waals surface area contributed by atoms with E-state index in [-0.39, 0.29) is 24.8 Å². The summed E-state index contributed by atoms with van der Waals surface area (Å²) in [4.78, 5) is 2.45. The Morgan fingerprint density at radius 1 is 1.23 bits per heavy atom. The Morgan fingerprint density at radius 3 is 2.23 bits per heavy atom. The van der Waals surface area contributed by atoms with Gasteiger partial charge in [0.05, 0.1) is 5.84 Å². The average molecular weight is 228 g/mol. The fourth-order valence-electron chi connectivity index (χ4n) is 1.50. The Balaban J connectivity index is 0. The maximum atomic E-state index is 7.03. The molecule has 1 rings (SSSR count). The Hall–Kier alpha value is 0.01000. The number of amidine groups is 1. The molecule has 0 radical (unpaired) electrons. The third-order valence-corrected chi connectivity index (χ3v) is 2.12. The lowest BCUT2D eigenvalue weighted by Gasteiger charge is -2.13. The Bertz CT molecular complexity index is 135. The lowest BCUT2D eigenvalue weighted by atomic mass is 10.3. The summed E-state index contributed by atoms with van der Waals surface area (Å²) in [6, 6.07) is 0. The van der Waals surface area contributed by atoms with E-state index in [1.165, 1.54) is 25.9 Å². The summed E-state index contributed by atoms with van der Waals surface area (Å²) in [5.41, 5.74) is 5.24. The predicted octanol–water partition coefficient (Wildman–Crippen LogP) is 1.64. The molecule has 0 bridgehead atoms. The number of rotatable bonds is 4. The molecule has 5 heteroatoms. The van der Waals surface area contributed by atoms with E-state index in [0.29, 0.717) is 5.84 Å². The first-order valence-electron chi connectivity index (χ1n) is 4.34. The van der Waals surface area contributed by atoms with Crippen molar-refractivity contribution < 1.29 is 0 Å². The molecule has 3 N–H and O–H groups in total. The van der Waals surface area contributed by atoms with Crippen molar-refractivity contribution in [2.75, 3.05) is 19.6 Å². The molecule has 1 aliphatic heterocycles. The molecule has 1 saturated heterocycles. The molecule has 0 atom stereocenters. The first-order chi connectivity index (χ1) is 5.29. The van der Waals surface area contributed by atoms with Crippen molar-refractivity contribution in [2.24, 2.45) is 5.73 Å². The maximum absolute atomic E-state index is 7.03. The van der Waals surface area contributed by atoms with Gasteiger partial charge in [-0.1, -0.05) is 0 Å². The lowest BCUT2D eigenvalue weighted by molar-refractivity contribution is 0.336. The topological polar surface area (TPSA) is 53.1 Å². The lowest BCUT2D eigenvalue weighted by Crippen LogP contribution is -2.22. The molecule has 0 amide bonds. The molecule has 0 unspecified atom stereocenters. The predicted molar refractivity (Wildman–Crippen MR) is 61.3 cm³/mol. The van der Waals surface area contributed by atoms with Gasteiger partial charge in [0.15, 0.2) is 0 Å². The Labute approximate surface area is 92.4 Å². The molecule has 80 valence electrons. The first kappa shape index (κ1) is 15.5. The van der Waals surface area contributed by atoms with E-state index >= 15 is 0 Å². The Morgan fingerprint density at radius 2 is 1.77 bits per heavy atom. The number of hydrogen-bond donors (Lipinski definition) is 2. The van der Waals surface area contributed by atoms with Gasteiger partial charge in [0, 0.05) is 6.42 Å². The van der Waals surface area contributed by atoms with Crippen LogP contribution in [-0.4, -0.2) is 30.4 Å². The van der Waals surface area contributed by atoms with Crippen LogP contribution in [-0.2, 0) is 0 Å². The highest BCUT2D eigenvalue weighted by Gasteiger charge is 2.09. The Kier molecular flexibility index (Phi) is 10.2. The fourth-order valence-corrected chi connectivity index (χ4v) is 1.50.